The van der Waals surface area contributed by atoms with Gasteiger partial charge in [0.25, 0.3) is 0 Å². The molecule has 4 nitrogen and oxygen atoms in total. The Kier molecular flexibility index (Phi) is 4.85. The van der Waals surface area contributed by atoms with E-state index in [4.69, 9.17) is 4.74 Å². The van der Waals surface area contributed by atoms with Crippen LogP contribution in [-0.4, -0.2) is 49.2 Å². The van der Waals surface area contributed by atoms with Crippen molar-refractivity contribution in [3.05, 3.63) is 0 Å². The Morgan fingerprint density at radius 3 is 2.42 bits per heavy atom. The molecule has 0 amide bonds. The van der Waals surface area contributed by atoms with Gasteiger partial charge in [0.2, 0.25) is 0 Å². The molecule has 19 heavy (non-hydrogen) atoms. The molecule has 0 aromatic rings. The maximum Gasteiger partial charge on any atom is 0.327 e. The van der Waals surface area contributed by atoms with Gasteiger partial charge in [0.15, 0.2) is 0 Å². The van der Waals surface area contributed by atoms with Gasteiger partial charge in [0.1, 0.15) is 5.54 Å². The minimum Gasteiger partial charge on any atom is -0.468 e. The summed E-state index contributed by atoms with van der Waals surface area (Å²) in [6.07, 6.45) is 8.88. The monoisotopic (exact) mass is 268 g/mol. The van der Waals surface area contributed by atoms with Gasteiger partial charge >= 0.3 is 5.97 Å². The highest BCUT2D eigenvalue weighted by atomic mass is 16.5. The van der Waals surface area contributed by atoms with Crippen molar-refractivity contribution in [2.24, 2.45) is 0 Å². The molecular weight excluding hydrogens is 240 g/mol. The quantitative estimate of drug-likeness (QED) is 0.748. The lowest BCUT2D eigenvalue weighted by Gasteiger charge is -2.38. The molecule has 110 valence electrons. The molecule has 0 aliphatic heterocycles. The van der Waals surface area contributed by atoms with Crippen LogP contribution < -0.4 is 5.32 Å². The number of likely N-dealkylation sites (N-methyl/N-ethyl adjacent to an activating group) is 1. The first-order valence-corrected chi connectivity index (χ1v) is 7.61. The molecule has 2 saturated carbocycles. The van der Waals surface area contributed by atoms with Gasteiger partial charge in [0, 0.05) is 18.6 Å². The summed E-state index contributed by atoms with van der Waals surface area (Å²) in [5.41, 5.74) is -0.567. The zero-order valence-corrected chi connectivity index (χ0v) is 12.6. The number of nitrogens with zero attached hydrogens (tertiary/aromatic N) is 1. The molecule has 2 rings (SSSR count). The van der Waals surface area contributed by atoms with Crippen molar-refractivity contribution < 1.29 is 9.53 Å². The van der Waals surface area contributed by atoms with Crippen molar-refractivity contribution in [3.63, 3.8) is 0 Å². The van der Waals surface area contributed by atoms with E-state index < -0.39 is 5.54 Å². The van der Waals surface area contributed by atoms with E-state index >= 15 is 0 Å². The fourth-order valence-electron chi connectivity index (χ4n) is 3.22. The molecule has 1 atom stereocenters. The third-order valence-corrected chi connectivity index (χ3v) is 4.50. The largest absolute Gasteiger partial charge is 0.468 e. The van der Waals surface area contributed by atoms with Crippen LogP contribution in [0.3, 0.4) is 0 Å². The zero-order chi connectivity index (χ0) is 13.9. The Hall–Kier alpha value is -0.610. The van der Waals surface area contributed by atoms with Gasteiger partial charge < -0.3 is 9.64 Å². The molecule has 2 aliphatic rings. The van der Waals surface area contributed by atoms with E-state index in [9.17, 15) is 4.79 Å². The average molecular weight is 268 g/mol. The molecule has 0 bridgehead atoms. The smallest absolute Gasteiger partial charge is 0.327 e. The second-order valence-corrected chi connectivity index (χ2v) is 6.45. The third-order valence-electron chi connectivity index (χ3n) is 4.50. The number of rotatable bonds is 6. The fourth-order valence-corrected chi connectivity index (χ4v) is 3.22. The standard InChI is InChI=1S/C15H28N2O2/c1-15(14(18)19-3,16-12-9-10-12)11-17(2)13-7-5-4-6-8-13/h12-13,16H,4-11H2,1-3H3. The highest BCUT2D eigenvalue weighted by Crippen LogP contribution is 2.26. The summed E-state index contributed by atoms with van der Waals surface area (Å²) in [5, 5.41) is 3.47. The summed E-state index contributed by atoms with van der Waals surface area (Å²) in [4.78, 5) is 14.5. The number of carbonyl (C=O) groups excluding carboxylic acids is 1. The van der Waals surface area contributed by atoms with Gasteiger partial charge in [-0.05, 0) is 39.7 Å². The number of hydrogen-bond acceptors (Lipinski definition) is 4. The summed E-state index contributed by atoms with van der Waals surface area (Å²) >= 11 is 0. The summed E-state index contributed by atoms with van der Waals surface area (Å²) in [7, 11) is 3.63. The number of nitrogens with one attached hydrogen (secondary N) is 1. The molecule has 4 heteroatoms. The van der Waals surface area contributed by atoms with Crippen LogP contribution in [0.2, 0.25) is 0 Å². The molecule has 0 spiro atoms. The van der Waals surface area contributed by atoms with Crippen LogP contribution in [0.25, 0.3) is 0 Å². The number of esters is 1. The molecule has 0 aromatic carbocycles. The lowest BCUT2D eigenvalue weighted by atomic mass is 9.92. The predicted molar refractivity (Wildman–Crippen MR) is 76.1 cm³/mol. The predicted octanol–water partition coefficient (Wildman–Crippen LogP) is 1.93. The summed E-state index contributed by atoms with van der Waals surface area (Å²) in [6, 6.07) is 1.13. The maximum atomic E-state index is 12.1. The molecule has 1 unspecified atom stereocenters. The van der Waals surface area contributed by atoms with Gasteiger partial charge in [-0.3, -0.25) is 10.1 Å². The number of ether oxygens (including phenoxy) is 1. The van der Waals surface area contributed by atoms with Gasteiger partial charge in [-0.15, -0.1) is 0 Å². The van der Waals surface area contributed by atoms with Crippen molar-refractivity contribution in [1.29, 1.82) is 0 Å². The maximum absolute atomic E-state index is 12.1. The summed E-state index contributed by atoms with van der Waals surface area (Å²) in [6.45, 7) is 2.72. The first kappa shape index (κ1) is 14.8. The van der Waals surface area contributed by atoms with Crippen molar-refractivity contribution in [2.75, 3.05) is 20.7 Å². The van der Waals surface area contributed by atoms with E-state index in [1.807, 2.05) is 6.92 Å². The SMILES string of the molecule is COC(=O)C(C)(CN(C)C1CCCCC1)NC1CC1. The molecule has 0 heterocycles. The topological polar surface area (TPSA) is 41.6 Å². The molecule has 0 saturated heterocycles. The van der Waals surface area contributed by atoms with E-state index in [-0.39, 0.29) is 5.97 Å². The Bertz CT molecular complexity index is 311. The van der Waals surface area contributed by atoms with Crippen LogP contribution in [0.1, 0.15) is 51.9 Å². The lowest BCUT2D eigenvalue weighted by molar-refractivity contribution is -0.149. The molecule has 0 radical (unpaired) electrons. The van der Waals surface area contributed by atoms with E-state index in [0.717, 1.165) is 6.54 Å². The minimum atomic E-state index is -0.567. The lowest BCUT2D eigenvalue weighted by Crippen LogP contribution is -2.59. The number of carbonyl (C=O) groups is 1. The van der Waals surface area contributed by atoms with Crippen LogP contribution in [0.4, 0.5) is 0 Å². The first-order valence-electron chi connectivity index (χ1n) is 7.61. The summed E-state index contributed by atoms with van der Waals surface area (Å²) in [5.74, 6) is -0.137. The van der Waals surface area contributed by atoms with Gasteiger partial charge in [-0.25, -0.2) is 0 Å². The van der Waals surface area contributed by atoms with Gasteiger partial charge in [0.05, 0.1) is 7.11 Å². The number of hydrogen-bond donors (Lipinski definition) is 1. The van der Waals surface area contributed by atoms with Crippen LogP contribution in [0.15, 0.2) is 0 Å². The summed E-state index contributed by atoms with van der Waals surface area (Å²) < 4.78 is 5.00. The first-order chi connectivity index (χ1) is 9.05. The normalized spacial score (nSPS) is 24.2. The van der Waals surface area contributed by atoms with Crippen molar-refractivity contribution in [1.82, 2.24) is 10.2 Å². The minimum absolute atomic E-state index is 0.137. The molecule has 2 fully saturated rings. The highest BCUT2D eigenvalue weighted by Gasteiger charge is 2.41. The Balaban J connectivity index is 1.95. The Morgan fingerprint density at radius 2 is 1.89 bits per heavy atom. The Morgan fingerprint density at radius 1 is 1.26 bits per heavy atom. The van der Waals surface area contributed by atoms with Gasteiger partial charge in [-0.1, -0.05) is 19.3 Å². The van der Waals surface area contributed by atoms with Crippen molar-refractivity contribution >= 4 is 5.97 Å². The van der Waals surface area contributed by atoms with Crippen molar-refractivity contribution in [3.8, 4) is 0 Å². The van der Waals surface area contributed by atoms with E-state index in [1.165, 1.54) is 52.1 Å². The highest BCUT2D eigenvalue weighted by molar-refractivity contribution is 5.80. The second kappa shape index (κ2) is 6.23. The third kappa shape index (κ3) is 3.93. The second-order valence-electron chi connectivity index (χ2n) is 6.45. The molecular formula is C15H28N2O2. The van der Waals surface area contributed by atoms with Crippen LogP contribution in [0.5, 0.6) is 0 Å². The molecule has 2 aliphatic carbocycles. The van der Waals surface area contributed by atoms with Crippen LogP contribution >= 0.6 is 0 Å². The van der Waals surface area contributed by atoms with Crippen LogP contribution in [0, 0.1) is 0 Å². The van der Waals surface area contributed by atoms with E-state index in [1.54, 1.807) is 0 Å². The van der Waals surface area contributed by atoms with Crippen molar-refractivity contribution in [2.45, 2.75) is 69.5 Å². The fraction of sp³-hybridized carbons (Fsp3) is 0.933. The number of methoxy groups -OCH3 is 1. The van der Waals surface area contributed by atoms with E-state index in [2.05, 4.69) is 17.3 Å². The average Bonchev–Trinajstić information content (AvgIpc) is 3.22. The molecule has 1 N–H and O–H groups in total. The van der Waals surface area contributed by atoms with E-state index in [0.29, 0.717) is 12.1 Å². The molecule has 0 aromatic heterocycles. The van der Waals surface area contributed by atoms with Crippen LogP contribution in [-0.2, 0) is 9.53 Å². The zero-order valence-electron chi connectivity index (χ0n) is 12.6. The Labute approximate surface area is 116 Å². The van der Waals surface area contributed by atoms with Gasteiger partial charge in [-0.2, -0.15) is 0 Å².